The first-order chi connectivity index (χ1) is 9.15. The van der Waals surface area contributed by atoms with Crippen LogP contribution in [0.2, 0.25) is 0 Å². The van der Waals surface area contributed by atoms with E-state index in [-0.39, 0.29) is 11.5 Å². The summed E-state index contributed by atoms with van der Waals surface area (Å²) in [7, 11) is 0. The number of nitrogens with zero attached hydrogens (tertiary/aromatic N) is 2. The molecule has 1 aromatic rings. The highest BCUT2D eigenvalue weighted by Gasteiger charge is 2.32. The van der Waals surface area contributed by atoms with E-state index in [1.54, 1.807) is 4.90 Å². The fraction of sp³-hybridized carbons (Fsp3) is 0.500. The van der Waals surface area contributed by atoms with Crippen LogP contribution in [0.15, 0.2) is 18.2 Å². The highest BCUT2D eigenvalue weighted by molar-refractivity contribution is 5.94. The minimum atomic E-state index is -0.967. The highest BCUT2D eigenvalue weighted by atomic mass is 19.2. The Hall–Kier alpha value is -1.49. The van der Waals surface area contributed by atoms with Crippen LogP contribution in [0.25, 0.3) is 0 Å². The topological polar surface area (TPSA) is 23.6 Å². The number of carbonyl (C=O) groups is 1. The van der Waals surface area contributed by atoms with Crippen molar-refractivity contribution in [3.8, 4) is 0 Å². The Bertz CT molecular complexity index is 506. The minimum absolute atomic E-state index is 0.203. The SMILES string of the molecule is O=C(c1ccc(F)c(F)c1)N1CCN2CCCC2C1. The van der Waals surface area contributed by atoms with E-state index in [0.717, 1.165) is 31.6 Å². The molecule has 19 heavy (non-hydrogen) atoms. The lowest BCUT2D eigenvalue weighted by atomic mass is 10.1. The number of piperazine rings is 1. The minimum Gasteiger partial charge on any atom is -0.336 e. The van der Waals surface area contributed by atoms with Crippen molar-refractivity contribution in [2.75, 3.05) is 26.2 Å². The second-order valence-electron chi connectivity index (χ2n) is 5.21. The van der Waals surface area contributed by atoms with Gasteiger partial charge in [0.2, 0.25) is 0 Å². The first-order valence-corrected chi connectivity index (χ1v) is 6.63. The summed E-state index contributed by atoms with van der Waals surface area (Å²) < 4.78 is 26.0. The molecule has 2 aliphatic heterocycles. The summed E-state index contributed by atoms with van der Waals surface area (Å²) in [4.78, 5) is 16.4. The lowest BCUT2D eigenvalue weighted by Crippen LogP contribution is -2.52. The Kier molecular flexibility index (Phi) is 3.22. The third-order valence-corrected chi connectivity index (χ3v) is 4.04. The number of benzene rings is 1. The van der Waals surface area contributed by atoms with E-state index in [4.69, 9.17) is 0 Å². The van der Waals surface area contributed by atoms with Crippen molar-refractivity contribution in [3.05, 3.63) is 35.4 Å². The quantitative estimate of drug-likeness (QED) is 0.775. The van der Waals surface area contributed by atoms with Gasteiger partial charge in [-0.1, -0.05) is 0 Å². The van der Waals surface area contributed by atoms with Gasteiger partial charge in [0.1, 0.15) is 0 Å². The standard InChI is InChI=1S/C14H16F2N2O/c15-12-4-3-10(8-13(12)16)14(19)18-7-6-17-5-1-2-11(17)9-18/h3-4,8,11H,1-2,5-7,9H2. The molecule has 0 aromatic heterocycles. The molecule has 0 radical (unpaired) electrons. The van der Waals surface area contributed by atoms with Crippen molar-refractivity contribution in [2.45, 2.75) is 18.9 Å². The number of hydrogen-bond donors (Lipinski definition) is 0. The van der Waals surface area contributed by atoms with Gasteiger partial charge >= 0.3 is 0 Å². The Morgan fingerprint density at radius 2 is 2.00 bits per heavy atom. The Labute approximate surface area is 110 Å². The van der Waals surface area contributed by atoms with Crippen molar-refractivity contribution in [1.29, 1.82) is 0 Å². The maximum atomic E-state index is 13.2. The number of halogens is 2. The summed E-state index contributed by atoms with van der Waals surface area (Å²) in [5, 5.41) is 0. The average molecular weight is 266 g/mol. The summed E-state index contributed by atoms with van der Waals surface area (Å²) >= 11 is 0. The molecular formula is C14H16F2N2O. The van der Waals surface area contributed by atoms with Crippen LogP contribution in [0.4, 0.5) is 8.78 Å². The van der Waals surface area contributed by atoms with Crippen molar-refractivity contribution in [2.24, 2.45) is 0 Å². The van der Waals surface area contributed by atoms with E-state index >= 15 is 0 Å². The van der Waals surface area contributed by atoms with Gasteiger partial charge in [-0.2, -0.15) is 0 Å². The van der Waals surface area contributed by atoms with Gasteiger partial charge in [-0.3, -0.25) is 9.69 Å². The normalized spacial score (nSPS) is 23.5. The largest absolute Gasteiger partial charge is 0.336 e. The van der Waals surface area contributed by atoms with E-state index in [1.807, 2.05) is 0 Å². The molecule has 3 rings (SSSR count). The predicted octanol–water partition coefficient (Wildman–Crippen LogP) is 1.89. The molecule has 1 unspecified atom stereocenters. The molecule has 0 N–H and O–H groups in total. The summed E-state index contributed by atoms with van der Waals surface area (Å²) in [5.41, 5.74) is 0.227. The number of fused-ring (bicyclic) bond motifs is 1. The lowest BCUT2D eigenvalue weighted by Gasteiger charge is -2.37. The van der Waals surface area contributed by atoms with E-state index in [9.17, 15) is 13.6 Å². The van der Waals surface area contributed by atoms with Gasteiger partial charge in [0.25, 0.3) is 5.91 Å². The zero-order valence-electron chi connectivity index (χ0n) is 10.6. The lowest BCUT2D eigenvalue weighted by molar-refractivity contribution is 0.0571. The molecule has 5 heteroatoms. The summed E-state index contributed by atoms with van der Waals surface area (Å²) in [6, 6.07) is 3.78. The zero-order chi connectivity index (χ0) is 13.4. The molecule has 102 valence electrons. The second-order valence-corrected chi connectivity index (χ2v) is 5.21. The van der Waals surface area contributed by atoms with E-state index in [0.29, 0.717) is 19.1 Å². The molecular weight excluding hydrogens is 250 g/mol. The van der Waals surface area contributed by atoms with Gasteiger partial charge in [0.05, 0.1) is 0 Å². The third-order valence-electron chi connectivity index (χ3n) is 4.04. The molecule has 2 fully saturated rings. The zero-order valence-corrected chi connectivity index (χ0v) is 10.6. The first-order valence-electron chi connectivity index (χ1n) is 6.63. The van der Waals surface area contributed by atoms with Crippen LogP contribution in [-0.2, 0) is 0 Å². The van der Waals surface area contributed by atoms with Crippen LogP contribution in [-0.4, -0.2) is 47.9 Å². The fourth-order valence-corrected chi connectivity index (χ4v) is 2.99. The second kappa shape index (κ2) is 4.89. The molecule has 2 heterocycles. The summed E-state index contributed by atoms with van der Waals surface area (Å²) in [6.07, 6.45) is 2.29. The van der Waals surface area contributed by atoms with E-state index in [1.165, 1.54) is 12.5 Å². The first kappa shape index (κ1) is 12.5. The monoisotopic (exact) mass is 266 g/mol. The van der Waals surface area contributed by atoms with E-state index < -0.39 is 11.6 Å². The number of hydrogen-bond acceptors (Lipinski definition) is 2. The van der Waals surface area contributed by atoms with Crippen LogP contribution in [0.3, 0.4) is 0 Å². The molecule has 2 saturated heterocycles. The maximum Gasteiger partial charge on any atom is 0.254 e. The van der Waals surface area contributed by atoms with Crippen LogP contribution < -0.4 is 0 Å². The Balaban J connectivity index is 1.74. The molecule has 0 aliphatic carbocycles. The van der Waals surface area contributed by atoms with E-state index in [2.05, 4.69) is 4.90 Å². The van der Waals surface area contributed by atoms with Crippen molar-refractivity contribution in [3.63, 3.8) is 0 Å². The van der Waals surface area contributed by atoms with Gasteiger partial charge in [-0.25, -0.2) is 8.78 Å². The highest BCUT2D eigenvalue weighted by Crippen LogP contribution is 2.22. The van der Waals surface area contributed by atoms with Crippen molar-refractivity contribution in [1.82, 2.24) is 9.80 Å². The van der Waals surface area contributed by atoms with Gasteiger partial charge in [-0.05, 0) is 37.6 Å². The number of carbonyl (C=O) groups excluding carboxylic acids is 1. The van der Waals surface area contributed by atoms with Gasteiger partial charge in [0.15, 0.2) is 11.6 Å². The Morgan fingerprint density at radius 1 is 1.16 bits per heavy atom. The maximum absolute atomic E-state index is 13.2. The molecule has 1 aromatic carbocycles. The molecule has 0 bridgehead atoms. The third kappa shape index (κ3) is 2.34. The van der Waals surface area contributed by atoms with Crippen molar-refractivity contribution < 1.29 is 13.6 Å². The van der Waals surface area contributed by atoms with Crippen molar-refractivity contribution >= 4 is 5.91 Å². The molecule has 0 saturated carbocycles. The smallest absolute Gasteiger partial charge is 0.254 e. The van der Waals surface area contributed by atoms with Gasteiger partial charge in [0, 0.05) is 31.2 Å². The van der Waals surface area contributed by atoms with Crippen LogP contribution in [0.5, 0.6) is 0 Å². The molecule has 2 aliphatic rings. The van der Waals surface area contributed by atoms with Crippen LogP contribution in [0.1, 0.15) is 23.2 Å². The Morgan fingerprint density at radius 3 is 2.79 bits per heavy atom. The predicted molar refractivity (Wildman–Crippen MR) is 66.9 cm³/mol. The van der Waals surface area contributed by atoms with Crippen LogP contribution >= 0.6 is 0 Å². The molecule has 1 atom stereocenters. The van der Waals surface area contributed by atoms with Gasteiger partial charge in [-0.15, -0.1) is 0 Å². The molecule has 3 nitrogen and oxygen atoms in total. The number of amides is 1. The molecule has 0 spiro atoms. The summed E-state index contributed by atoms with van der Waals surface area (Å²) in [5.74, 6) is -2.09. The summed E-state index contributed by atoms with van der Waals surface area (Å²) in [6.45, 7) is 3.34. The van der Waals surface area contributed by atoms with Crippen LogP contribution in [0, 0.1) is 11.6 Å². The number of rotatable bonds is 1. The van der Waals surface area contributed by atoms with Gasteiger partial charge < -0.3 is 4.90 Å². The fourth-order valence-electron chi connectivity index (χ4n) is 2.99. The average Bonchev–Trinajstić information content (AvgIpc) is 2.88. The molecule has 1 amide bonds.